The molecule has 0 aromatic heterocycles. The summed E-state index contributed by atoms with van der Waals surface area (Å²) >= 11 is 2.01. The molecule has 0 saturated carbocycles. The van der Waals surface area contributed by atoms with Crippen LogP contribution in [0.5, 0.6) is 5.75 Å². The summed E-state index contributed by atoms with van der Waals surface area (Å²) in [5.41, 5.74) is 20.2. The number of aryl methyl sites for hydroxylation is 2. The highest BCUT2D eigenvalue weighted by Crippen LogP contribution is 2.45. The Morgan fingerprint density at radius 2 is 1.05 bits per heavy atom. The average molecular weight is 934 g/mol. The molecular formula is C60H56INO. The van der Waals surface area contributed by atoms with E-state index in [-0.39, 0.29) is 0 Å². The summed E-state index contributed by atoms with van der Waals surface area (Å²) in [6.07, 6.45) is 5.54. The van der Waals surface area contributed by atoms with Crippen molar-refractivity contribution in [2.24, 2.45) is 0 Å². The van der Waals surface area contributed by atoms with E-state index in [1.165, 1.54) is 66.8 Å². The van der Waals surface area contributed by atoms with Gasteiger partial charge in [-0.1, -0.05) is 191 Å². The lowest BCUT2D eigenvalue weighted by atomic mass is 9.88. The van der Waals surface area contributed by atoms with E-state index in [1.54, 1.807) is 6.08 Å². The molecule has 0 atom stereocenters. The van der Waals surface area contributed by atoms with Gasteiger partial charge in [0, 0.05) is 17.4 Å². The topological polar surface area (TPSA) is 12.5 Å². The molecule has 0 bridgehead atoms. The van der Waals surface area contributed by atoms with Crippen LogP contribution >= 0.6 is 23.0 Å². The molecule has 0 spiro atoms. The smallest absolute Gasteiger partial charge is 0.192 e. The molecular weight excluding hydrogens is 878 g/mol. The van der Waals surface area contributed by atoms with Gasteiger partial charge in [-0.05, 0) is 142 Å². The van der Waals surface area contributed by atoms with Crippen molar-refractivity contribution in [2.75, 3.05) is 4.90 Å². The van der Waals surface area contributed by atoms with Crippen LogP contribution in [0.1, 0.15) is 41.7 Å². The fourth-order valence-corrected chi connectivity index (χ4v) is 8.18. The van der Waals surface area contributed by atoms with Crippen molar-refractivity contribution < 1.29 is 3.07 Å². The van der Waals surface area contributed by atoms with Crippen LogP contribution in [0.4, 0.5) is 17.1 Å². The molecule has 0 aliphatic rings. The van der Waals surface area contributed by atoms with Crippen molar-refractivity contribution in [3.05, 3.63) is 247 Å². The first-order valence-electron chi connectivity index (χ1n) is 21.5. The maximum Gasteiger partial charge on any atom is 0.192 e. The molecule has 0 fully saturated rings. The summed E-state index contributed by atoms with van der Waals surface area (Å²) in [5, 5.41) is 0. The van der Waals surface area contributed by atoms with Gasteiger partial charge < -0.3 is 7.97 Å². The fourth-order valence-electron chi connectivity index (χ4n) is 7.92. The van der Waals surface area contributed by atoms with E-state index in [2.05, 4.69) is 216 Å². The Morgan fingerprint density at radius 1 is 0.476 bits per heavy atom. The highest BCUT2D eigenvalue weighted by Gasteiger charge is 2.21. The number of rotatable bonds is 11. The number of para-hydroxylation sites is 1. The Hall–Kier alpha value is -6.69. The summed E-state index contributed by atoms with van der Waals surface area (Å²) in [6, 6.07) is 66.5. The summed E-state index contributed by atoms with van der Waals surface area (Å²) in [4.78, 5) is 2.35. The predicted octanol–water partition coefficient (Wildman–Crippen LogP) is 18.3. The van der Waals surface area contributed by atoms with Crippen LogP contribution in [-0.2, 0) is 0 Å². The Kier molecular flexibility index (Phi) is 16.3. The molecule has 3 heteroatoms. The Balaban J connectivity index is 0.000000406. The second kappa shape index (κ2) is 22.4. The lowest BCUT2D eigenvalue weighted by Crippen LogP contribution is -2.12. The standard InChI is InChI=1S/C46H38INO.C12H12.C2H6/c1-31-15-11-12-22-41(31)43-24-14-23-42(33(43)3)37-26-25-32(2)44(28-37)45-29-40(49-47)30-46(34(45)4)48(38-19-9-6-10-20-38)39-21-13-18-36(27-39)35-16-7-5-8-17-35;1-3-8-11(4-2)12-9-6-5-7-10-12;1-2/h5-30H,1-4H3;3-10H,1-2H2;1-2H3/b;11-8+;. The van der Waals surface area contributed by atoms with Gasteiger partial charge in [0.25, 0.3) is 0 Å². The third kappa shape index (κ3) is 10.9. The monoisotopic (exact) mass is 933 g/mol. The molecule has 63 heavy (non-hydrogen) atoms. The van der Waals surface area contributed by atoms with Crippen LogP contribution in [0.3, 0.4) is 0 Å². The first-order valence-corrected chi connectivity index (χ1v) is 22.4. The van der Waals surface area contributed by atoms with Crippen LogP contribution in [0.15, 0.2) is 219 Å². The molecule has 314 valence electrons. The average Bonchev–Trinajstić information content (AvgIpc) is 3.34. The number of anilines is 3. The molecule has 0 amide bonds. The minimum atomic E-state index is 0.805. The normalized spacial score (nSPS) is 10.7. The Morgan fingerprint density at radius 3 is 1.71 bits per heavy atom. The summed E-state index contributed by atoms with van der Waals surface area (Å²) < 4.78 is 5.98. The van der Waals surface area contributed by atoms with Gasteiger partial charge in [-0.15, -0.1) is 0 Å². The Bertz CT molecular complexity index is 2810. The fraction of sp³-hybridized carbons (Fsp3) is 0.100. The minimum absolute atomic E-state index is 0.805. The zero-order chi connectivity index (χ0) is 44.7. The summed E-state index contributed by atoms with van der Waals surface area (Å²) in [7, 11) is 0. The van der Waals surface area contributed by atoms with Crippen LogP contribution in [0.2, 0.25) is 0 Å². The van der Waals surface area contributed by atoms with Gasteiger partial charge in [-0.25, -0.2) is 0 Å². The van der Waals surface area contributed by atoms with Crippen molar-refractivity contribution in [3.8, 4) is 50.3 Å². The molecule has 0 heterocycles. The molecule has 0 N–H and O–H groups in total. The van der Waals surface area contributed by atoms with Gasteiger partial charge in [-0.3, -0.25) is 0 Å². The molecule has 8 rings (SSSR count). The SMILES string of the molecule is C=C/C=C(\C=C)c1ccccc1.CC.Cc1ccccc1-c1cccc(-c2ccc(C)c(-c3cc(OI)cc(N(c4ccccc4)c4cccc(-c5ccccc5)c4)c3C)c2)c1C. The second-order valence-corrected chi connectivity index (χ2v) is 15.5. The number of allylic oxidation sites excluding steroid dienone is 4. The van der Waals surface area contributed by atoms with Crippen molar-refractivity contribution in [1.82, 2.24) is 0 Å². The highest BCUT2D eigenvalue weighted by atomic mass is 127. The van der Waals surface area contributed by atoms with Crippen LogP contribution in [0, 0.1) is 27.7 Å². The molecule has 0 unspecified atom stereocenters. The quantitative estimate of drug-likeness (QED) is 0.0946. The largest absolute Gasteiger partial charge is 0.428 e. The van der Waals surface area contributed by atoms with Gasteiger partial charge >= 0.3 is 0 Å². The number of halogens is 1. The van der Waals surface area contributed by atoms with E-state index in [0.29, 0.717) is 0 Å². The maximum absolute atomic E-state index is 5.98. The van der Waals surface area contributed by atoms with E-state index in [1.807, 2.05) is 67.2 Å². The minimum Gasteiger partial charge on any atom is -0.428 e. The second-order valence-electron chi connectivity index (χ2n) is 15.0. The van der Waals surface area contributed by atoms with E-state index < -0.39 is 0 Å². The van der Waals surface area contributed by atoms with Crippen LogP contribution in [-0.4, -0.2) is 0 Å². The molecule has 0 aliphatic carbocycles. The van der Waals surface area contributed by atoms with E-state index in [4.69, 9.17) is 3.07 Å². The molecule has 8 aromatic rings. The molecule has 0 saturated heterocycles. The Labute approximate surface area is 390 Å². The molecule has 2 nitrogen and oxygen atoms in total. The van der Waals surface area contributed by atoms with Gasteiger partial charge in [-0.2, -0.15) is 0 Å². The van der Waals surface area contributed by atoms with Gasteiger partial charge in [0.1, 0.15) is 5.75 Å². The lowest BCUT2D eigenvalue weighted by molar-refractivity contribution is 0.717. The van der Waals surface area contributed by atoms with Gasteiger partial charge in [0.15, 0.2) is 23.0 Å². The third-order valence-electron chi connectivity index (χ3n) is 11.1. The number of benzene rings is 8. The summed E-state index contributed by atoms with van der Waals surface area (Å²) in [5.74, 6) is 0.805. The van der Waals surface area contributed by atoms with Crippen LogP contribution < -0.4 is 7.97 Å². The first kappa shape index (κ1) is 45.8. The molecule has 8 aromatic carbocycles. The summed E-state index contributed by atoms with van der Waals surface area (Å²) in [6.45, 7) is 20.2. The van der Waals surface area contributed by atoms with Crippen molar-refractivity contribution in [1.29, 1.82) is 0 Å². The van der Waals surface area contributed by atoms with E-state index >= 15 is 0 Å². The zero-order valence-electron chi connectivity index (χ0n) is 37.3. The number of hydrogen-bond donors (Lipinski definition) is 0. The van der Waals surface area contributed by atoms with Crippen LogP contribution in [0.25, 0.3) is 50.1 Å². The van der Waals surface area contributed by atoms with Gasteiger partial charge in [0.05, 0.1) is 5.69 Å². The van der Waals surface area contributed by atoms with E-state index in [0.717, 1.165) is 33.9 Å². The predicted molar refractivity (Wildman–Crippen MR) is 283 cm³/mol. The number of nitrogens with zero attached hydrogens (tertiary/aromatic N) is 1. The lowest BCUT2D eigenvalue weighted by Gasteiger charge is -2.29. The molecule has 0 aliphatic heterocycles. The zero-order valence-corrected chi connectivity index (χ0v) is 39.4. The van der Waals surface area contributed by atoms with Crippen molar-refractivity contribution in [3.63, 3.8) is 0 Å². The van der Waals surface area contributed by atoms with Crippen molar-refractivity contribution >= 4 is 45.6 Å². The van der Waals surface area contributed by atoms with Crippen molar-refractivity contribution in [2.45, 2.75) is 41.5 Å². The molecule has 0 radical (unpaired) electrons. The van der Waals surface area contributed by atoms with E-state index in [9.17, 15) is 0 Å². The third-order valence-corrected chi connectivity index (χ3v) is 11.7. The highest BCUT2D eigenvalue weighted by molar-refractivity contribution is 14.1. The van der Waals surface area contributed by atoms with Gasteiger partial charge in [0.2, 0.25) is 0 Å². The first-order chi connectivity index (χ1) is 30.8. The number of hydrogen-bond acceptors (Lipinski definition) is 2. The maximum atomic E-state index is 5.98.